The minimum absolute atomic E-state index is 0.422. The van der Waals surface area contributed by atoms with Crippen molar-refractivity contribution in [2.24, 2.45) is 5.73 Å². The molecule has 0 spiro atoms. The van der Waals surface area contributed by atoms with Crippen LogP contribution in [0.2, 0.25) is 10.0 Å². The molecule has 1 heterocycles. The molecular formula is C15H11Cl2NO. The van der Waals surface area contributed by atoms with Crippen LogP contribution in [0.5, 0.6) is 0 Å². The van der Waals surface area contributed by atoms with Gasteiger partial charge >= 0.3 is 0 Å². The van der Waals surface area contributed by atoms with E-state index in [1.165, 1.54) is 0 Å². The molecule has 3 rings (SSSR count). The third-order valence-corrected chi connectivity index (χ3v) is 3.70. The lowest BCUT2D eigenvalue weighted by atomic mass is 10.1. The highest BCUT2D eigenvalue weighted by molar-refractivity contribution is 6.35. The maximum absolute atomic E-state index is 6.16. The summed E-state index contributed by atoms with van der Waals surface area (Å²) in [4.78, 5) is 0. The van der Waals surface area contributed by atoms with Crippen molar-refractivity contribution in [2.75, 3.05) is 0 Å². The third-order valence-electron chi connectivity index (χ3n) is 3.05. The molecule has 19 heavy (non-hydrogen) atoms. The molecule has 96 valence electrons. The number of furan rings is 1. The maximum atomic E-state index is 6.16. The summed E-state index contributed by atoms with van der Waals surface area (Å²) in [7, 11) is 0. The van der Waals surface area contributed by atoms with E-state index in [4.69, 9.17) is 33.4 Å². The standard InChI is InChI=1S/C15H11Cl2NO/c16-12-3-1-2-10-7-14(19-15(10)12)9-4-5-11(8-18)13(17)6-9/h1-7H,8,18H2. The Morgan fingerprint density at radius 3 is 2.53 bits per heavy atom. The zero-order chi connectivity index (χ0) is 13.4. The molecule has 0 bridgehead atoms. The summed E-state index contributed by atoms with van der Waals surface area (Å²) in [6.45, 7) is 0.422. The summed E-state index contributed by atoms with van der Waals surface area (Å²) in [5.41, 5.74) is 8.12. The Kier molecular flexibility index (Phi) is 3.23. The molecule has 2 nitrogen and oxygen atoms in total. The molecule has 1 aromatic heterocycles. The summed E-state index contributed by atoms with van der Waals surface area (Å²) in [5.74, 6) is 0.744. The van der Waals surface area contributed by atoms with Crippen LogP contribution in [-0.2, 0) is 6.54 Å². The molecule has 0 aliphatic rings. The molecule has 2 N–H and O–H groups in total. The van der Waals surface area contributed by atoms with E-state index in [1.807, 2.05) is 42.5 Å². The van der Waals surface area contributed by atoms with Crippen LogP contribution in [-0.4, -0.2) is 0 Å². The van der Waals surface area contributed by atoms with Gasteiger partial charge in [0.05, 0.1) is 5.02 Å². The Labute approximate surface area is 120 Å². The molecule has 4 heteroatoms. The Morgan fingerprint density at radius 1 is 1.00 bits per heavy atom. The van der Waals surface area contributed by atoms with E-state index in [-0.39, 0.29) is 0 Å². The van der Waals surface area contributed by atoms with Crippen molar-refractivity contribution in [1.82, 2.24) is 0 Å². The van der Waals surface area contributed by atoms with Gasteiger partial charge < -0.3 is 10.2 Å². The molecule has 0 atom stereocenters. The number of rotatable bonds is 2. The predicted molar refractivity (Wildman–Crippen MR) is 79.6 cm³/mol. The van der Waals surface area contributed by atoms with Gasteiger partial charge in [-0.3, -0.25) is 0 Å². The number of benzene rings is 2. The Morgan fingerprint density at radius 2 is 1.84 bits per heavy atom. The van der Waals surface area contributed by atoms with Gasteiger partial charge in [0, 0.05) is 22.5 Å². The van der Waals surface area contributed by atoms with Gasteiger partial charge in [0.25, 0.3) is 0 Å². The zero-order valence-corrected chi connectivity index (χ0v) is 11.5. The summed E-state index contributed by atoms with van der Waals surface area (Å²) in [6.07, 6.45) is 0. The van der Waals surface area contributed by atoms with E-state index in [0.29, 0.717) is 22.2 Å². The second kappa shape index (κ2) is 4.89. The average Bonchev–Trinajstić information content (AvgIpc) is 2.84. The minimum Gasteiger partial charge on any atom is -0.455 e. The Hall–Kier alpha value is -1.48. The molecule has 3 aromatic rings. The van der Waals surface area contributed by atoms with Gasteiger partial charge in [-0.1, -0.05) is 47.5 Å². The van der Waals surface area contributed by atoms with Crippen LogP contribution in [0.25, 0.3) is 22.3 Å². The van der Waals surface area contributed by atoms with Gasteiger partial charge in [-0.05, 0) is 23.8 Å². The van der Waals surface area contributed by atoms with Gasteiger partial charge in [0.2, 0.25) is 0 Å². The molecule has 0 saturated carbocycles. The molecule has 0 aliphatic carbocycles. The molecule has 0 saturated heterocycles. The van der Waals surface area contributed by atoms with Crippen molar-refractivity contribution in [3.8, 4) is 11.3 Å². The smallest absolute Gasteiger partial charge is 0.153 e. The van der Waals surface area contributed by atoms with Crippen molar-refractivity contribution in [3.63, 3.8) is 0 Å². The lowest BCUT2D eigenvalue weighted by molar-refractivity contribution is 0.631. The van der Waals surface area contributed by atoms with Crippen molar-refractivity contribution in [1.29, 1.82) is 0 Å². The first kappa shape index (κ1) is 12.5. The van der Waals surface area contributed by atoms with Crippen LogP contribution in [0, 0.1) is 0 Å². The predicted octanol–water partition coefficient (Wildman–Crippen LogP) is 4.87. The van der Waals surface area contributed by atoms with E-state index in [0.717, 1.165) is 22.3 Å². The van der Waals surface area contributed by atoms with Gasteiger partial charge in [0.1, 0.15) is 5.76 Å². The normalized spacial score (nSPS) is 11.1. The lowest BCUT2D eigenvalue weighted by Gasteiger charge is -2.02. The largest absolute Gasteiger partial charge is 0.455 e. The van der Waals surface area contributed by atoms with E-state index in [1.54, 1.807) is 0 Å². The zero-order valence-electron chi connectivity index (χ0n) is 9.99. The second-order valence-electron chi connectivity index (χ2n) is 4.28. The number of halogens is 2. The van der Waals surface area contributed by atoms with Crippen LogP contribution in [0.4, 0.5) is 0 Å². The first-order valence-electron chi connectivity index (χ1n) is 5.86. The minimum atomic E-state index is 0.422. The third kappa shape index (κ3) is 2.23. The van der Waals surface area contributed by atoms with Gasteiger partial charge in [-0.2, -0.15) is 0 Å². The van der Waals surface area contributed by atoms with E-state index < -0.39 is 0 Å². The Balaban J connectivity index is 2.14. The quantitative estimate of drug-likeness (QED) is 0.732. The first-order valence-corrected chi connectivity index (χ1v) is 6.61. The van der Waals surface area contributed by atoms with Gasteiger partial charge in [-0.25, -0.2) is 0 Å². The topological polar surface area (TPSA) is 39.2 Å². The van der Waals surface area contributed by atoms with Crippen molar-refractivity contribution < 1.29 is 4.42 Å². The molecule has 0 unspecified atom stereocenters. The number of hydrogen-bond donors (Lipinski definition) is 1. The van der Waals surface area contributed by atoms with Crippen molar-refractivity contribution >= 4 is 34.2 Å². The Bertz CT molecular complexity index is 749. The van der Waals surface area contributed by atoms with E-state index >= 15 is 0 Å². The number of hydrogen-bond acceptors (Lipinski definition) is 2. The fourth-order valence-corrected chi connectivity index (χ4v) is 2.51. The summed E-state index contributed by atoms with van der Waals surface area (Å²) in [5, 5.41) is 2.22. The SMILES string of the molecule is NCc1ccc(-c2cc3cccc(Cl)c3o2)cc1Cl. The number of fused-ring (bicyclic) bond motifs is 1. The van der Waals surface area contributed by atoms with Crippen molar-refractivity contribution in [3.05, 3.63) is 58.1 Å². The first-order chi connectivity index (χ1) is 9.19. The van der Waals surface area contributed by atoms with Crippen LogP contribution in [0.1, 0.15) is 5.56 Å². The molecule has 0 aliphatic heterocycles. The van der Waals surface area contributed by atoms with E-state index in [2.05, 4.69) is 0 Å². The second-order valence-corrected chi connectivity index (χ2v) is 5.09. The molecule has 2 aromatic carbocycles. The van der Waals surface area contributed by atoms with Crippen LogP contribution >= 0.6 is 23.2 Å². The molecule has 0 radical (unpaired) electrons. The number of para-hydroxylation sites is 1. The molecule has 0 fully saturated rings. The number of nitrogens with two attached hydrogens (primary N) is 1. The highest BCUT2D eigenvalue weighted by Crippen LogP contribution is 2.33. The van der Waals surface area contributed by atoms with E-state index in [9.17, 15) is 0 Å². The van der Waals surface area contributed by atoms with Crippen LogP contribution in [0.15, 0.2) is 46.9 Å². The van der Waals surface area contributed by atoms with Crippen molar-refractivity contribution in [2.45, 2.75) is 6.54 Å². The fraction of sp³-hybridized carbons (Fsp3) is 0.0667. The highest BCUT2D eigenvalue weighted by atomic mass is 35.5. The summed E-state index contributed by atoms with van der Waals surface area (Å²) < 4.78 is 5.79. The summed E-state index contributed by atoms with van der Waals surface area (Å²) in [6, 6.07) is 13.3. The molecule has 0 amide bonds. The van der Waals surface area contributed by atoms with Crippen LogP contribution in [0.3, 0.4) is 0 Å². The average molecular weight is 292 g/mol. The summed E-state index contributed by atoms with van der Waals surface area (Å²) >= 11 is 12.3. The fourth-order valence-electron chi connectivity index (χ4n) is 2.04. The molecular weight excluding hydrogens is 281 g/mol. The van der Waals surface area contributed by atoms with Gasteiger partial charge in [0.15, 0.2) is 5.58 Å². The maximum Gasteiger partial charge on any atom is 0.153 e. The highest BCUT2D eigenvalue weighted by Gasteiger charge is 2.10. The van der Waals surface area contributed by atoms with Gasteiger partial charge in [-0.15, -0.1) is 0 Å². The van der Waals surface area contributed by atoms with Crippen LogP contribution < -0.4 is 5.73 Å². The monoisotopic (exact) mass is 291 g/mol. The lowest BCUT2D eigenvalue weighted by Crippen LogP contribution is -1.96.